The predicted molar refractivity (Wildman–Crippen MR) is 65.1 cm³/mol. The van der Waals surface area contributed by atoms with Crippen LogP contribution in [0, 0.1) is 23.3 Å². The van der Waals surface area contributed by atoms with E-state index in [2.05, 4.69) is 0 Å². The Labute approximate surface area is 111 Å². The van der Waals surface area contributed by atoms with Crippen LogP contribution < -0.4 is 11.1 Å². The number of carbonyl (C=O) groups excluding carboxylic acids is 1. The molecule has 3 N–H and O–H groups in total. The van der Waals surface area contributed by atoms with Gasteiger partial charge in [-0.1, -0.05) is 0 Å². The van der Waals surface area contributed by atoms with E-state index in [1.807, 2.05) is 5.32 Å². The number of amides is 1. The molecule has 0 unspecified atom stereocenters. The Balaban J connectivity index is 2.32. The van der Waals surface area contributed by atoms with Gasteiger partial charge in [-0.25, -0.2) is 17.6 Å². The van der Waals surface area contributed by atoms with Crippen LogP contribution in [0.3, 0.4) is 0 Å². The molecule has 2 aromatic rings. The molecule has 0 saturated carbocycles. The molecule has 0 aliphatic carbocycles. The molecule has 0 aliphatic heterocycles. The van der Waals surface area contributed by atoms with E-state index in [-0.39, 0.29) is 11.3 Å². The van der Waals surface area contributed by atoms with Gasteiger partial charge in [0.15, 0.2) is 11.6 Å². The number of nitrogens with one attached hydrogen (secondary N) is 1. The number of anilines is 2. The molecule has 0 heterocycles. The van der Waals surface area contributed by atoms with Crippen molar-refractivity contribution in [1.82, 2.24) is 0 Å². The fraction of sp³-hybridized carbons (Fsp3) is 0. The zero-order valence-corrected chi connectivity index (χ0v) is 9.88. The number of nitrogens with two attached hydrogens (primary N) is 1. The van der Waals surface area contributed by atoms with Gasteiger partial charge >= 0.3 is 0 Å². The summed E-state index contributed by atoms with van der Waals surface area (Å²) in [5.41, 5.74) is 4.63. The van der Waals surface area contributed by atoms with Crippen molar-refractivity contribution in [2.75, 3.05) is 11.1 Å². The first-order chi connectivity index (χ1) is 9.38. The first kappa shape index (κ1) is 13.9. The monoisotopic (exact) mass is 284 g/mol. The van der Waals surface area contributed by atoms with Gasteiger partial charge in [-0.05, 0) is 18.2 Å². The smallest absolute Gasteiger partial charge is 0.257 e. The summed E-state index contributed by atoms with van der Waals surface area (Å²) >= 11 is 0. The van der Waals surface area contributed by atoms with E-state index in [0.717, 1.165) is 18.2 Å². The maximum absolute atomic E-state index is 13.4. The number of nitrogen functional groups attached to an aromatic ring is 1. The molecule has 7 heteroatoms. The molecule has 2 aromatic carbocycles. The highest BCUT2D eigenvalue weighted by Gasteiger charge is 2.15. The predicted octanol–water partition coefficient (Wildman–Crippen LogP) is 3.08. The van der Waals surface area contributed by atoms with E-state index in [4.69, 9.17) is 5.73 Å². The van der Waals surface area contributed by atoms with Crippen LogP contribution in [-0.2, 0) is 0 Å². The Morgan fingerprint density at radius 3 is 2.30 bits per heavy atom. The molecule has 0 atom stereocenters. The number of benzene rings is 2. The minimum absolute atomic E-state index is 0.0353. The van der Waals surface area contributed by atoms with Crippen molar-refractivity contribution in [3.8, 4) is 0 Å². The Hall–Kier alpha value is -2.57. The van der Waals surface area contributed by atoms with Crippen molar-refractivity contribution in [1.29, 1.82) is 0 Å². The van der Waals surface area contributed by atoms with Crippen LogP contribution in [-0.4, -0.2) is 5.91 Å². The van der Waals surface area contributed by atoms with Gasteiger partial charge in [0.1, 0.15) is 11.6 Å². The summed E-state index contributed by atoms with van der Waals surface area (Å²) in [4.78, 5) is 11.8. The van der Waals surface area contributed by atoms with Crippen LogP contribution >= 0.6 is 0 Å². The summed E-state index contributed by atoms with van der Waals surface area (Å²) in [6, 6.07) is 3.83. The summed E-state index contributed by atoms with van der Waals surface area (Å²) < 4.78 is 52.1. The zero-order valence-electron chi connectivity index (χ0n) is 9.88. The van der Waals surface area contributed by atoms with Crippen molar-refractivity contribution in [2.45, 2.75) is 0 Å². The van der Waals surface area contributed by atoms with Gasteiger partial charge < -0.3 is 11.1 Å². The molecule has 3 nitrogen and oxygen atoms in total. The number of hydrogen-bond donors (Lipinski definition) is 2. The lowest BCUT2D eigenvalue weighted by Crippen LogP contribution is -2.15. The fourth-order valence-electron chi connectivity index (χ4n) is 1.53. The Morgan fingerprint density at radius 2 is 1.60 bits per heavy atom. The second-order valence-electron chi connectivity index (χ2n) is 3.93. The second kappa shape index (κ2) is 5.20. The quantitative estimate of drug-likeness (QED) is 0.506. The lowest BCUT2D eigenvalue weighted by Gasteiger charge is -2.09. The van der Waals surface area contributed by atoms with Crippen molar-refractivity contribution in [3.63, 3.8) is 0 Å². The van der Waals surface area contributed by atoms with Gasteiger partial charge in [0.2, 0.25) is 0 Å². The van der Waals surface area contributed by atoms with Crippen LogP contribution in [0.5, 0.6) is 0 Å². The van der Waals surface area contributed by atoms with Gasteiger partial charge in [0.05, 0.1) is 11.3 Å². The van der Waals surface area contributed by atoms with E-state index >= 15 is 0 Å². The molecule has 2 rings (SSSR count). The minimum Gasteiger partial charge on any atom is -0.398 e. The van der Waals surface area contributed by atoms with Crippen LogP contribution in [0.25, 0.3) is 0 Å². The molecular formula is C13H8F4N2O. The second-order valence-corrected chi connectivity index (χ2v) is 3.93. The van der Waals surface area contributed by atoms with Gasteiger partial charge in [0, 0.05) is 17.8 Å². The zero-order chi connectivity index (χ0) is 14.9. The SMILES string of the molecule is Nc1ccc(F)cc1C(=O)Nc1cc(F)c(F)cc1F. The number of carbonyl (C=O) groups is 1. The average molecular weight is 284 g/mol. The largest absolute Gasteiger partial charge is 0.398 e. The molecular weight excluding hydrogens is 276 g/mol. The molecule has 0 aliphatic rings. The van der Waals surface area contributed by atoms with Crippen LogP contribution in [0.1, 0.15) is 10.4 Å². The summed E-state index contributed by atoms with van der Waals surface area (Å²) in [6.45, 7) is 0. The third-order valence-electron chi connectivity index (χ3n) is 2.52. The molecule has 0 spiro atoms. The van der Waals surface area contributed by atoms with Crippen molar-refractivity contribution in [2.24, 2.45) is 0 Å². The molecule has 0 fully saturated rings. The summed E-state index contributed by atoms with van der Waals surface area (Å²) in [6.07, 6.45) is 0. The van der Waals surface area contributed by atoms with Gasteiger partial charge in [0.25, 0.3) is 5.91 Å². The highest BCUT2D eigenvalue weighted by molar-refractivity contribution is 6.07. The number of halogens is 4. The molecule has 0 radical (unpaired) electrons. The summed E-state index contributed by atoms with van der Waals surface area (Å²) in [5, 5.41) is 2.00. The lowest BCUT2D eigenvalue weighted by atomic mass is 10.1. The van der Waals surface area contributed by atoms with Crippen molar-refractivity contribution in [3.05, 3.63) is 59.2 Å². The maximum Gasteiger partial charge on any atom is 0.257 e. The van der Waals surface area contributed by atoms with Gasteiger partial charge in [-0.3, -0.25) is 4.79 Å². The molecule has 1 amide bonds. The number of rotatable bonds is 2. The van der Waals surface area contributed by atoms with E-state index in [0.29, 0.717) is 12.1 Å². The molecule has 0 bridgehead atoms. The van der Waals surface area contributed by atoms with Crippen LogP contribution in [0.2, 0.25) is 0 Å². The molecule has 0 saturated heterocycles. The first-order valence-corrected chi connectivity index (χ1v) is 5.39. The highest BCUT2D eigenvalue weighted by atomic mass is 19.2. The first-order valence-electron chi connectivity index (χ1n) is 5.39. The average Bonchev–Trinajstić information content (AvgIpc) is 2.38. The normalized spacial score (nSPS) is 10.4. The van der Waals surface area contributed by atoms with Gasteiger partial charge in [-0.15, -0.1) is 0 Å². The highest BCUT2D eigenvalue weighted by Crippen LogP contribution is 2.21. The van der Waals surface area contributed by atoms with Crippen molar-refractivity contribution >= 4 is 17.3 Å². The Kier molecular flexibility index (Phi) is 3.60. The molecule has 0 aromatic heterocycles. The third kappa shape index (κ3) is 2.71. The number of hydrogen-bond acceptors (Lipinski definition) is 2. The van der Waals surface area contributed by atoms with Gasteiger partial charge in [-0.2, -0.15) is 0 Å². The summed E-state index contributed by atoms with van der Waals surface area (Å²) in [7, 11) is 0. The maximum atomic E-state index is 13.4. The van der Waals surface area contributed by atoms with Crippen LogP contribution in [0.4, 0.5) is 28.9 Å². The van der Waals surface area contributed by atoms with E-state index in [1.54, 1.807) is 0 Å². The fourth-order valence-corrected chi connectivity index (χ4v) is 1.53. The molecule has 104 valence electrons. The van der Waals surface area contributed by atoms with E-state index in [9.17, 15) is 22.4 Å². The topological polar surface area (TPSA) is 55.1 Å². The Bertz CT molecular complexity index is 688. The third-order valence-corrected chi connectivity index (χ3v) is 2.52. The van der Waals surface area contributed by atoms with Crippen molar-refractivity contribution < 1.29 is 22.4 Å². The Morgan fingerprint density at radius 1 is 0.950 bits per heavy atom. The van der Waals surface area contributed by atoms with E-state index < -0.39 is 34.9 Å². The minimum atomic E-state index is -1.38. The lowest BCUT2D eigenvalue weighted by molar-refractivity contribution is 0.102. The summed E-state index contributed by atoms with van der Waals surface area (Å²) in [5.74, 6) is -5.52. The van der Waals surface area contributed by atoms with E-state index in [1.165, 1.54) is 0 Å². The standard InChI is InChI=1S/C13H8F4N2O/c14-6-1-2-11(18)7(3-6)13(20)19-12-5-9(16)8(15)4-10(12)17/h1-5H,18H2,(H,19,20). The van der Waals surface area contributed by atoms with Crippen LogP contribution in [0.15, 0.2) is 30.3 Å². The molecule has 20 heavy (non-hydrogen) atoms.